The van der Waals surface area contributed by atoms with Gasteiger partial charge in [-0.3, -0.25) is 9.59 Å². The summed E-state index contributed by atoms with van der Waals surface area (Å²) >= 11 is 0. The number of benzene rings is 3. The Morgan fingerprint density at radius 2 is 1.14 bits per heavy atom. The molecule has 0 bridgehead atoms. The number of carbonyl (C=O) groups is 6. The van der Waals surface area contributed by atoms with Crippen molar-refractivity contribution in [2.75, 3.05) is 6.54 Å². The van der Waals surface area contributed by atoms with Crippen LogP contribution in [0.15, 0.2) is 72.8 Å². The molecule has 3 atom stereocenters. The molecule has 4 N–H and O–H groups in total. The van der Waals surface area contributed by atoms with Crippen LogP contribution < -0.4 is 21.3 Å². The summed E-state index contributed by atoms with van der Waals surface area (Å²) < 4.78 is 21.8. The maximum atomic E-state index is 13.5. The van der Waals surface area contributed by atoms with E-state index in [0.29, 0.717) is 12.8 Å². The molecule has 0 spiro atoms. The average Bonchev–Trinajstić information content (AvgIpc) is 3.13. The molecule has 3 aromatic rings. The molecule has 0 saturated carbocycles. The first-order valence-corrected chi connectivity index (χ1v) is 20.0. The number of alkyl carbamates (subject to hydrolysis) is 1. The van der Waals surface area contributed by atoms with Crippen LogP contribution in [-0.4, -0.2) is 77.4 Å². The van der Waals surface area contributed by atoms with E-state index in [0.717, 1.165) is 21.9 Å². The van der Waals surface area contributed by atoms with Crippen LogP contribution in [0.25, 0.3) is 10.8 Å². The summed E-state index contributed by atoms with van der Waals surface area (Å²) in [5, 5.41) is 12.8. The summed E-state index contributed by atoms with van der Waals surface area (Å²) in [4.78, 5) is 78.5. The predicted octanol–water partition coefficient (Wildman–Crippen LogP) is 6.81. The Labute approximate surface area is 347 Å². The fraction of sp³-hybridized carbons (Fsp3) is 0.511. The van der Waals surface area contributed by atoms with Gasteiger partial charge in [0, 0.05) is 19.4 Å². The van der Waals surface area contributed by atoms with E-state index in [1.807, 2.05) is 72.8 Å². The maximum absolute atomic E-state index is 13.5. The highest BCUT2D eigenvalue weighted by atomic mass is 16.6. The molecule has 0 heterocycles. The van der Waals surface area contributed by atoms with Gasteiger partial charge in [-0.1, -0.05) is 72.8 Å². The number of hydrogen-bond donors (Lipinski definition) is 4. The number of fused-ring (bicyclic) bond motifs is 1. The van der Waals surface area contributed by atoms with Gasteiger partial charge in [0.1, 0.15) is 41.5 Å². The second-order valence-corrected chi connectivity index (χ2v) is 17.3. The van der Waals surface area contributed by atoms with E-state index in [1.165, 1.54) is 0 Å². The topological polar surface area (TPSA) is 187 Å². The number of esters is 3. The van der Waals surface area contributed by atoms with Crippen LogP contribution in [0.4, 0.5) is 9.59 Å². The van der Waals surface area contributed by atoms with Crippen molar-refractivity contribution < 1.29 is 47.7 Å². The molecule has 0 unspecified atom stereocenters. The van der Waals surface area contributed by atoms with Gasteiger partial charge in [0.05, 0.1) is 0 Å². The van der Waals surface area contributed by atoms with Crippen molar-refractivity contribution in [1.82, 2.24) is 21.3 Å². The molecular formula is C45H62N4O10. The normalized spacial score (nSPS) is 13.2. The Bertz CT molecular complexity index is 1880. The molecule has 4 amide bonds. The summed E-state index contributed by atoms with van der Waals surface area (Å²) in [6.45, 7) is 15.6. The van der Waals surface area contributed by atoms with Crippen LogP contribution in [-0.2, 0) is 51.2 Å². The van der Waals surface area contributed by atoms with Crippen molar-refractivity contribution in [1.29, 1.82) is 0 Å². The lowest BCUT2D eigenvalue weighted by Crippen LogP contribution is -2.53. The quantitative estimate of drug-likeness (QED) is 0.0604. The molecule has 3 aromatic carbocycles. The molecule has 59 heavy (non-hydrogen) atoms. The average molecular weight is 819 g/mol. The number of urea groups is 1. The van der Waals surface area contributed by atoms with Crippen LogP contribution in [0.5, 0.6) is 0 Å². The summed E-state index contributed by atoms with van der Waals surface area (Å²) in [7, 11) is 0. The molecule has 0 aromatic heterocycles. The van der Waals surface area contributed by atoms with E-state index < -0.39 is 70.9 Å². The second kappa shape index (κ2) is 21.9. The third-order valence-corrected chi connectivity index (χ3v) is 8.34. The van der Waals surface area contributed by atoms with Crippen LogP contribution in [0, 0.1) is 0 Å². The number of unbranched alkanes of at least 4 members (excludes halogenated alkanes) is 1. The Hall–Kier alpha value is -5.66. The van der Waals surface area contributed by atoms with Gasteiger partial charge >= 0.3 is 30.0 Å². The zero-order chi connectivity index (χ0) is 43.8. The van der Waals surface area contributed by atoms with Crippen LogP contribution in [0.1, 0.15) is 106 Å². The van der Waals surface area contributed by atoms with E-state index in [2.05, 4.69) is 21.3 Å². The largest absolute Gasteiger partial charge is 0.460 e. The Morgan fingerprint density at radius 1 is 0.576 bits per heavy atom. The van der Waals surface area contributed by atoms with Gasteiger partial charge in [-0.15, -0.1) is 0 Å². The van der Waals surface area contributed by atoms with Gasteiger partial charge in [-0.05, 0) is 110 Å². The standard InChI is InChI=1S/C45H62N4O10/c1-43(2,3)57-37(50)25-24-35(40(53)59-45(7,8)9)48-41(54)47-34(39(52)58-44(4,5)6)21-15-16-26-46-38(51)36(49-42(55)56-29-30-17-11-10-12-18-30)28-31-22-23-32-19-13-14-20-33(32)27-31/h10-14,17-20,22-23,27,34-36H,15-16,21,24-26,28-29H2,1-9H3,(H,46,51)(H,49,55)(H2,47,48,54)/t34-,35-,36-/m0/s1. The minimum absolute atomic E-state index is 0.0373. The van der Waals surface area contributed by atoms with E-state index >= 15 is 0 Å². The molecule has 322 valence electrons. The Morgan fingerprint density at radius 3 is 1.73 bits per heavy atom. The minimum Gasteiger partial charge on any atom is -0.460 e. The van der Waals surface area contributed by atoms with Crippen molar-refractivity contribution in [3.05, 3.63) is 83.9 Å². The lowest BCUT2D eigenvalue weighted by molar-refractivity contribution is -0.159. The monoisotopic (exact) mass is 818 g/mol. The molecule has 14 heteroatoms. The number of carbonyl (C=O) groups excluding carboxylic acids is 6. The van der Waals surface area contributed by atoms with E-state index in [9.17, 15) is 28.8 Å². The fourth-order valence-corrected chi connectivity index (χ4v) is 5.78. The fourth-order valence-electron chi connectivity index (χ4n) is 5.78. The van der Waals surface area contributed by atoms with Crippen molar-refractivity contribution in [2.24, 2.45) is 0 Å². The highest BCUT2D eigenvalue weighted by Gasteiger charge is 2.31. The number of nitrogens with one attached hydrogen (secondary N) is 4. The summed E-state index contributed by atoms with van der Waals surface area (Å²) in [5.74, 6) is -2.41. The molecule has 14 nitrogen and oxygen atoms in total. The van der Waals surface area contributed by atoms with Gasteiger partial charge < -0.3 is 40.2 Å². The smallest absolute Gasteiger partial charge is 0.408 e. The SMILES string of the molecule is CC(C)(C)OC(=O)CC[C@H](NC(=O)N[C@@H](CCCCNC(=O)[C@H](Cc1ccc2ccccc2c1)NC(=O)OCc1ccccc1)C(=O)OC(C)(C)C)C(=O)OC(C)(C)C. The number of amides is 4. The lowest BCUT2D eigenvalue weighted by Gasteiger charge is -2.27. The first-order valence-electron chi connectivity index (χ1n) is 20.0. The van der Waals surface area contributed by atoms with Crippen molar-refractivity contribution >= 4 is 46.7 Å². The summed E-state index contributed by atoms with van der Waals surface area (Å²) in [5.41, 5.74) is -0.818. The van der Waals surface area contributed by atoms with Crippen molar-refractivity contribution in [3.63, 3.8) is 0 Å². The molecule has 0 saturated heterocycles. The van der Waals surface area contributed by atoms with Gasteiger partial charge in [-0.2, -0.15) is 0 Å². The molecule has 3 rings (SSSR count). The number of rotatable bonds is 18. The highest BCUT2D eigenvalue weighted by Crippen LogP contribution is 2.18. The van der Waals surface area contributed by atoms with Crippen LogP contribution in [0.2, 0.25) is 0 Å². The third kappa shape index (κ3) is 19.1. The molecule has 0 aliphatic rings. The van der Waals surface area contributed by atoms with Crippen LogP contribution in [0.3, 0.4) is 0 Å². The van der Waals surface area contributed by atoms with E-state index in [1.54, 1.807) is 62.3 Å². The molecule has 0 radical (unpaired) electrons. The second-order valence-electron chi connectivity index (χ2n) is 17.3. The predicted molar refractivity (Wildman–Crippen MR) is 224 cm³/mol. The Balaban J connectivity index is 1.65. The first kappa shape index (κ1) is 47.7. The van der Waals surface area contributed by atoms with Gasteiger partial charge in [0.25, 0.3) is 0 Å². The number of hydrogen-bond acceptors (Lipinski definition) is 10. The maximum Gasteiger partial charge on any atom is 0.408 e. The zero-order valence-electron chi connectivity index (χ0n) is 35.9. The van der Waals surface area contributed by atoms with Gasteiger partial charge in [0.2, 0.25) is 5.91 Å². The summed E-state index contributed by atoms with van der Waals surface area (Å²) in [6, 6.07) is 18.8. The van der Waals surface area contributed by atoms with E-state index in [-0.39, 0.29) is 38.8 Å². The molecule has 0 aliphatic heterocycles. The highest BCUT2D eigenvalue weighted by molar-refractivity contribution is 5.88. The molecular weight excluding hydrogens is 757 g/mol. The number of ether oxygens (including phenoxy) is 4. The van der Waals surface area contributed by atoms with Gasteiger partial charge in [0.15, 0.2) is 0 Å². The lowest BCUT2D eigenvalue weighted by atomic mass is 10.0. The van der Waals surface area contributed by atoms with Gasteiger partial charge in [-0.25, -0.2) is 19.2 Å². The first-order chi connectivity index (χ1) is 27.6. The summed E-state index contributed by atoms with van der Waals surface area (Å²) in [6.07, 6.45) is 0.118. The Kier molecular flexibility index (Phi) is 17.7. The third-order valence-electron chi connectivity index (χ3n) is 8.34. The minimum atomic E-state index is -1.22. The van der Waals surface area contributed by atoms with Crippen LogP contribution >= 0.6 is 0 Å². The molecule has 0 fully saturated rings. The zero-order valence-corrected chi connectivity index (χ0v) is 35.9. The van der Waals surface area contributed by atoms with Crippen molar-refractivity contribution in [3.8, 4) is 0 Å². The molecule has 0 aliphatic carbocycles. The van der Waals surface area contributed by atoms with Crippen molar-refractivity contribution in [2.45, 2.75) is 142 Å². The van der Waals surface area contributed by atoms with E-state index in [4.69, 9.17) is 18.9 Å².